The zero-order chi connectivity index (χ0) is 25.4. The number of nitrogens with zero attached hydrogens (tertiary/aromatic N) is 3. The summed E-state index contributed by atoms with van der Waals surface area (Å²) in [5, 5.41) is 18.9. The highest BCUT2D eigenvalue weighted by Gasteiger charge is 2.33. The van der Waals surface area contributed by atoms with Crippen molar-refractivity contribution in [2.45, 2.75) is 12.5 Å². The number of aromatic nitrogens is 1. The van der Waals surface area contributed by atoms with Crippen LogP contribution in [-0.2, 0) is 0 Å². The zero-order valence-corrected chi connectivity index (χ0v) is 20.3. The molecule has 0 aliphatic carbocycles. The Balaban J connectivity index is 1.55. The van der Waals surface area contributed by atoms with Crippen molar-refractivity contribution in [3.63, 3.8) is 0 Å². The second kappa shape index (κ2) is 9.32. The fraction of sp³-hybridized carbons (Fsp3) is 0.0968. The van der Waals surface area contributed by atoms with Gasteiger partial charge in [0.15, 0.2) is 0 Å². The van der Waals surface area contributed by atoms with Gasteiger partial charge in [-0.25, -0.2) is 0 Å². The van der Waals surface area contributed by atoms with Crippen LogP contribution in [0.1, 0.15) is 23.6 Å². The molecule has 1 N–H and O–H groups in total. The summed E-state index contributed by atoms with van der Waals surface area (Å²) in [6.07, 6.45) is 0.456. The molecular formula is C31H25N3O3. The third-order valence-corrected chi connectivity index (χ3v) is 6.79. The van der Waals surface area contributed by atoms with Crippen LogP contribution in [0.25, 0.3) is 16.6 Å². The molecule has 2 heterocycles. The summed E-state index contributed by atoms with van der Waals surface area (Å²) >= 11 is 0. The van der Waals surface area contributed by atoms with Gasteiger partial charge in [0.1, 0.15) is 17.1 Å². The lowest BCUT2D eigenvalue weighted by molar-refractivity contribution is 0.414. The summed E-state index contributed by atoms with van der Waals surface area (Å²) < 4.78 is 7.00. The SMILES string of the molecule is COc1ccc(C2CC(c3c(O)c4ccccc4n(-c4ccccc4)c3=O)=NN2c2ccccc2)cc1. The summed E-state index contributed by atoms with van der Waals surface area (Å²) in [6, 6.07) is 34.5. The molecule has 0 fully saturated rings. The lowest BCUT2D eigenvalue weighted by Crippen LogP contribution is -2.26. The molecule has 6 rings (SSSR count). The van der Waals surface area contributed by atoms with Crippen molar-refractivity contribution in [1.82, 2.24) is 4.57 Å². The van der Waals surface area contributed by atoms with Gasteiger partial charge in [0.05, 0.1) is 30.1 Å². The highest BCUT2D eigenvalue weighted by Crippen LogP contribution is 2.39. The van der Waals surface area contributed by atoms with E-state index in [0.717, 1.165) is 22.7 Å². The van der Waals surface area contributed by atoms with Crippen LogP contribution in [0, 0.1) is 0 Å². The maximum absolute atomic E-state index is 14.0. The monoisotopic (exact) mass is 487 g/mol. The largest absolute Gasteiger partial charge is 0.506 e. The van der Waals surface area contributed by atoms with Crippen LogP contribution in [0.5, 0.6) is 11.5 Å². The lowest BCUT2D eigenvalue weighted by atomic mass is 9.97. The average Bonchev–Trinajstić information content (AvgIpc) is 3.39. The van der Waals surface area contributed by atoms with Crippen molar-refractivity contribution in [1.29, 1.82) is 0 Å². The summed E-state index contributed by atoms with van der Waals surface area (Å²) in [6.45, 7) is 0. The molecule has 0 radical (unpaired) electrons. The molecule has 6 heteroatoms. The molecule has 37 heavy (non-hydrogen) atoms. The zero-order valence-electron chi connectivity index (χ0n) is 20.3. The van der Waals surface area contributed by atoms with Crippen LogP contribution in [-0.4, -0.2) is 22.5 Å². The number of methoxy groups -OCH3 is 1. The molecule has 0 saturated heterocycles. The number of hydrazone groups is 1. The molecule has 0 amide bonds. The van der Waals surface area contributed by atoms with Gasteiger partial charge < -0.3 is 9.84 Å². The Hall–Kier alpha value is -4.84. The van der Waals surface area contributed by atoms with E-state index in [1.165, 1.54) is 0 Å². The van der Waals surface area contributed by atoms with Crippen molar-refractivity contribution in [3.05, 3.63) is 131 Å². The number of rotatable bonds is 5. The Morgan fingerprint density at radius 3 is 2.11 bits per heavy atom. The molecule has 5 aromatic rings. The summed E-state index contributed by atoms with van der Waals surface area (Å²) in [4.78, 5) is 14.0. The number of hydrogen-bond acceptors (Lipinski definition) is 5. The Morgan fingerprint density at radius 1 is 0.811 bits per heavy atom. The number of benzene rings is 4. The molecule has 1 aliphatic rings. The van der Waals surface area contributed by atoms with Gasteiger partial charge in [0, 0.05) is 17.5 Å². The van der Waals surface area contributed by atoms with E-state index in [1.807, 2.05) is 114 Å². The first kappa shape index (κ1) is 22.6. The van der Waals surface area contributed by atoms with Crippen LogP contribution in [0.4, 0.5) is 5.69 Å². The van der Waals surface area contributed by atoms with Gasteiger partial charge in [-0.05, 0) is 54.1 Å². The average molecular weight is 488 g/mol. The van der Waals surface area contributed by atoms with Gasteiger partial charge in [-0.3, -0.25) is 14.4 Å². The van der Waals surface area contributed by atoms with Gasteiger partial charge >= 0.3 is 0 Å². The highest BCUT2D eigenvalue weighted by molar-refractivity contribution is 6.08. The molecule has 0 bridgehead atoms. The molecule has 182 valence electrons. The summed E-state index contributed by atoms with van der Waals surface area (Å²) in [5.41, 5.74) is 3.78. The maximum atomic E-state index is 14.0. The number of ether oxygens (including phenoxy) is 1. The van der Waals surface area contributed by atoms with Crippen LogP contribution in [0.15, 0.2) is 119 Å². The van der Waals surface area contributed by atoms with E-state index in [0.29, 0.717) is 23.0 Å². The number of para-hydroxylation sites is 3. The first-order valence-electron chi connectivity index (χ1n) is 12.1. The first-order valence-corrected chi connectivity index (χ1v) is 12.1. The molecule has 0 saturated carbocycles. The Morgan fingerprint density at radius 2 is 1.43 bits per heavy atom. The van der Waals surface area contributed by atoms with Gasteiger partial charge in [0.2, 0.25) is 0 Å². The molecule has 0 spiro atoms. The van der Waals surface area contributed by atoms with Gasteiger partial charge in [-0.15, -0.1) is 0 Å². The van der Waals surface area contributed by atoms with E-state index in [4.69, 9.17) is 9.84 Å². The van der Waals surface area contributed by atoms with Crippen LogP contribution >= 0.6 is 0 Å². The van der Waals surface area contributed by atoms with E-state index in [-0.39, 0.29) is 22.9 Å². The number of fused-ring (bicyclic) bond motifs is 1. The molecule has 1 atom stereocenters. The molecule has 6 nitrogen and oxygen atoms in total. The number of hydrogen-bond donors (Lipinski definition) is 1. The fourth-order valence-electron chi connectivity index (χ4n) is 4.99. The van der Waals surface area contributed by atoms with Crippen molar-refractivity contribution < 1.29 is 9.84 Å². The quantitative estimate of drug-likeness (QED) is 0.327. The van der Waals surface area contributed by atoms with Gasteiger partial charge in [0.25, 0.3) is 5.56 Å². The first-order chi connectivity index (χ1) is 18.2. The van der Waals surface area contributed by atoms with Gasteiger partial charge in [-0.1, -0.05) is 60.7 Å². The summed E-state index contributed by atoms with van der Waals surface area (Å²) in [5.74, 6) is 0.724. The van der Waals surface area contributed by atoms with Crippen molar-refractivity contribution in [2.24, 2.45) is 5.10 Å². The number of aromatic hydroxyl groups is 1. The Bertz CT molecular complexity index is 1660. The topological polar surface area (TPSA) is 67.1 Å². The maximum Gasteiger partial charge on any atom is 0.268 e. The molecule has 1 unspecified atom stereocenters. The molecule has 1 aromatic heterocycles. The summed E-state index contributed by atoms with van der Waals surface area (Å²) in [7, 11) is 1.64. The minimum atomic E-state index is -0.301. The number of pyridine rings is 1. The predicted molar refractivity (Wildman–Crippen MR) is 147 cm³/mol. The molecule has 4 aromatic carbocycles. The third-order valence-electron chi connectivity index (χ3n) is 6.79. The van der Waals surface area contributed by atoms with Crippen LogP contribution in [0.2, 0.25) is 0 Å². The third kappa shape index (κ3) is 3.93. The van der Waals surface area contributed by atoms with Crippen molar-refractivity contribution in [2.75, 3.05) is 12.1 Å². The van der Waals surface area contributed by atoms with E-state index in [9.17, 15) is 9.90 Å². The van der Waals surface area contributed by atoms with Crippen LogP contribution in [0.3, 0.4) is 0 Å². The highest BCUT2D eigenvalue weighted by atomic mass is 16.5. The standard InChI is InChI=1S/C31H25N3O3/c1-37-24-18-16-21(17-19-24)28-20-26(32-34(28)23-12-6-3-7-13-23)29-30(35)25-14-8-9-15-27(25)33(31(29)36)22-10-4-2-5-11-22/h2-19,28,35H,20H2,1H3. The predicted octanol–water partition coefficient (Wildman–Crippen LogP) is 6.06. The van der Waals surface area contributed by atoms with Crippen molar-refractivity contribution >= 4 is 22.3 Å². The van der Waals surface area contributed by atoms with Crippen LogP contribution < -0.4 is 15.3 Å². The molecule has 1 aliphatic heterocycles. The Kier molecular flexibility index (Phi) is 5.69. The normalized spacial score (nSPS) is 15.1. The molecular weight excluding hydrogens is 462 g/mol. The van der Waals surface area contributed by atoms with E-state index < -0.39 is 0 Å². The fourth-order valence-corrected chi connectivity index (χ4v) is 4.99. The Labute approximate surface area is 214 Å². The van der Waals surface area contributed by atoms with E-state index in [2.05, 4.69) is 0 Å². The second-order valence-corrected chi connectivity index (χ2v) is 8.94. The van der Waals surface area contributed by atoms with E-state index >= 15 is 0 Å². The lowest BCUT2D eigenvalue weighted by Gasteiger charge is -2.24. The smallest absolute Gasteiger partial charge is 0.268 e. The van der Waals surface area contributed by atoms with Crippen molar-refractivity contribution in [3.8, 4) is 17.2 Å². The minimum Gasteiger partial charge on any atom is -0.506 e. The van der Waals surface area contributed by atoms with E-state index in [1.54, 1.807) is 11.7 Å². The number of anilines is 1. The minimum absolute atomic E-state index is 0.0464. The van der Waals surface area contributed by atoms with Gasteiger partial charge in [-0.2, -0.15) is 5.10 Å². The second-order valence-electron chi connectivity index (χ2n) is 8.94.